The van der Waals surface area contributed by atoms with E-state index in [-0.39, 0.29) is 12.3 Å². The minimum atomic E-state index is -0.297. The molecule has 27 heavy (non-hydrogen) atoms. The highest BCUT2D eigenvalue weighted by Gasteiger charge is 2.42. The fourth-order valence-corrected chi connectivity index (χ4v) is 5.75. The fourth-order valence-electron chi connectivity index (χ4n) is 3.55. The first-order chi connectivity index (χ1) is 13.1. The molecule has 0 unspecified atom stereocenters. The summed E-state index contributed by atoms with van der Waals surface area (Å²) in [4.78, 5) is 1.20. The van der Waals surface area contributed by atoms with Crippen molar-refractivity contribution in [2.24, 2.45) is 5.10 Å². The smallest absolute Gasteiger partial charge is 0.213 e. The molecule has 5 rings (SSSR count). The van der Waals surface area contributed by atoms with Crippen LogP contribution >= 0.6 is 54.8 Å². The minimum Gasteiger partial charge on any atom is -0.463 e. The molecule has 1 aromatic heterocycles. The zero-order valence-corrected chi connectivity index (χ0v) is 18.6. The van der Waals surface area contributed by atoms with E-state index in [1.54, 1.807) is 11.3 Å². The molecule has 0 saturated carbocycles. The van der Waals surface area contributed by atoms with Gasteiger partial charge in [0.25, 0.3) is 0 Å². The van der Waals surface area contributed by atoms with Gasteiger partial charge in [-0.1, -0.05) is 45.7 Å². The van der Waals surface area contributed by atoms with Crippen LogP contribution in [-0.2, 0) is 0 Å². The Bertz CT molecular complexity index is 1040. The lowest BCUT2D eigenvalue weighted by Gasteiger charge is -2.38. The quantitative estimate of drug-likeness (QED) is 0.355. The van der Waals surface area contributed by atoms with E-state index < -0.39 is 0 Å². The van der Waals surface area contributed by atoms with Crippen LogP contribution in [0.1, 0.15) is 34.7 Å². The molecular weight excluding hydrogens is 512 g/mol. The highest BCUT2D eigenvalue weighted by atomic mass is 79.9. The first-order valence-electron chi connectivity index (χ1n) is 8.41. The molecule has 3 nitrogen and oxygen atoms in total. The number of hydrogen-bond donors (Lipinski definition) is 0. The number of nitrogens with zero attached hydrogens (tertiary/aromatic N) is 2. The normalized spacial score (nSPS) is 20.7. The van der Waals surface area contributed by atoms with Crippen molar-refractivity contribution in [2.45, 2.75) is 18.7 Å². The Morgan fingerprint density at radius 1 is 1.15 bits per heavy atom. The highest BCUT2D eigenvalue weighted by molar-refractivity contribution is 9.11. The number of hydrazone groups is 1. The Morgan fingerprint density at radius 3 is 2.70 bits per heavy atom. The number of halogens is 3. The van der Waals surface area contributed by atoms with Crippen molar-refractivity contribution < 1.29 is 4.74 Å². The number of hydrogen-bond acceptors (Lipinski definition) is 4. The van der Waals surface area contributed by atoms with Crippen LogP contribution in [0, 0.1) is 0 Å². The van der Waals surface area contributed by atoms with Gasteiger partial charge in [0.2, 0.25) is 6.23 Å². The number of thiophene rings is 1. The van der Waals surface area contributed by atoms with E-state index in [0.717, 1.165) is 38.0 Å². The number of ether oxygens (including phenoxy) is 1. The number of rotatable bonds is 2. The zero-order valence-electron chi connectivity index (χ0n) is 13.9. The van der Waals surface area contributed by atoms with Gasteiger partial charge in [-0.05, 0) is 51.6 Å². The van der Waals surface area contributed by atoms with Crippen molar-refractivity contribution in [3.05, 3.63) is 83.9 Å². The van der Waals surface area contributed by atoms with Crippen molar-refractivity contribution in [2.75, 3.05) is 0 Å². The monoisotopic (exact) mass is 522 g/mol. The highest BCUT2D eigenvalue weighted by Crippen LogP contribution is 2.51. The van der Waals surface area contributed by atoms with Gasteiger partial charge in [0, 0.05) is 27.0 Å². The van der Waals surface area contributed by atoms with Crippen molar-refractivity contribution in [1.29, 1.82) is 0 Å². The van der Waals surface area contributed by atoms with Crippen LogP contribution in [0.3, 0.4) is 0 Å². The van der Waals surface area contributed by atoms with Crippen molar-refractivity contribution >= 4 is 60.5 Å². The molecule has 3 aromatic rings. The molecule has 0 spiro atoms. The van der Waals surface area contributed by atoms with Crippen LogP contribution < -0.4 is 4.74 Å². The molecule has 0 aliphatic carbocycles. The van der Waals surface area contributed by atoms with Crippen LogP contribution in [0.25, 0.3) is 0 Å². The summed E-state index contributed by atoms with van der Waals surface area (Å²) >= 11 is 15.1. The number of fused-ring (bicyclic) bond motifs is 3. The van der Waals surface area contributed by atoms with E-state index in [0.29, 0.717) is 5.02 Å². The van der Waals surface area contributed by atoms with Crippen LogP contribution in [-0.4, -0.2) is 10.7 Å². The van der Waals surface area contributed by atoms with Gasteiger partial charge in [-0.2, -0.15) is 5.10 Å². The molecule has 136 valence electrons. The maximum atomic E-state index is 6.43. The van der Waals surface area contributed by atoms with Crippen molar-refractivity contribution in [1.82, 2.24) is 5.01 Å². The summed E-state index contributed by atoms with van der Waals surface area (Å²) in [5.41, 5.74) is 3.26. The maximum Gasteiger partial charge on any atom is 0.213 e. The van der Waals surface area contributed by atoms with Gasteiger partial charge in [0.1, 0.15) is 5.75 Å². The summed E-state index contributed by atoms with van der Waals surface area (Å²) in [6, 6.07) is 16.2. The lowest BCUT2D eigenvalue weighted by atomic mass is 9.97. The van der Waals surface area contributed by atoms with Crippen LogP contribution in [0.2, 0.25) is 5.02 Å². The van der Waals surface area contributed by atoms with E-state index >= 15 is 0 Å². The van der Waals surface area contributed by atoms with E-state index in [1.807, 2.05) is 30.3 Å². The summed E-state index contributed by atoms with van der Waals surface area (Å²) < 4.78 is 8.39. The topological polar surface area (TPSA) is 24.8 Å². The molecular formula is C20H13Br2ClN2OS. The lowest BCUT2D eigenvalue weighted by molar-refractivity contribution is -0.0197. The second-order valence-electron chi connectivity index (χ2n) is 6.45. The Hall–Kier alpha value is -1.34. The van der Waals surface area contributed by atoms with Crippen LogP contribution in [0.15, 0.2) is 68.0 Å². The molecule has 2 aliphatic heterocycles. The number of benzene rings is 2. The summed E-state index contributed by atoms with van der Waals surface area (Å²) in [6.45, 7) is 0. The molecule has 2 aromatic carbocycles. The molecule has 3 heterocycles. The summed E-state index contributed by atoms with van der Waals surface area (Å²) in [5.74, 6) is 0.877. The molecule has 2 atom stereocenters. The maximum absolute atomic E-state index is 6.43. The average Bonchev–Trinajstić information content (AvgIpc) is 3.32. The summed E-state index contributed by atoms with van der Waals surface area (Å²) in [7, 11) is 0. The minimum absolute atomic E-state index is 0.125. The van der Waals surface area contributed by atoms with Gasteiger partial charge >= 0.3 is 0 Å². The lowest BCUT2D eigenvalue weighted by Crippen LogP contribution is -2.33. The third-order valence-electron chi connectivity index (χ3n) is 4.77. The largest absolute Gasteiger partial charge is 0.463 e. The molecule has 0 bridgehead atoms. The SMILES string of the molecule is Clc1ccc([C@@H]2Oc3c(Br)cc(Br)cc3[C@@H]3CC(c4cccs4)=NN32)cc1. The van der Waals surface area contributed by atoms with Gasteiger partial charge in [0.15, 0.2) is 0 Å². The van der Waals surface area contributed by atoms with Gasteiger partial charge in [-0.25, -0.2) is 5.01 Å². The van der Waals surface area contributed by atoms with Gasteiger partial charge in [-0.15, -0.1) is 11.3 Å². The van der Waals surface area contributed by atoms with E-state index in [9.17, 15) is 0 Å². The van der Waals surface area contributed by atoms with Crippen LogP contribution in [0.5, 0.6) is 5.75 Å². The average molecular weight is 525 g/mol. The summed E-state index contributed by atoms with van der Waals surface area (Å²) in [5, 5.41) is 9.84. The Kier molecular flexibility index (Phi) is 4.55. The summed E-state index contributed by atoms with van der Waals surface area (Å²) in [6.07, 6.45) is 0.554. The fraction of sp³-hybridized carbons (Fsp3) is 0.150. The molecule has 0 fully saturated rings. The molecule has 7 heteroatoms. The molecule has 0 amide bonds. The third-order valence-corrected chi connectivity index (χ3v) is 6.99. The second-order valence-corrected chi connectivity index (χ2v) is 9.61. The van der Waals surface area contributed by atoms with Gasteiger partial charge in [-0.3, -0.25) is 0 Å². The van der Waals surface area contributed by atoms with Crippen molar-refractivity contribution in [3.63, 3.8) is 0 Å². The molecule has 2 aliphatic rings. The second kappa shape index (κ2) is 6.92. The third kappa shape index (κ3) is 3.12. The predicted molar refractivity (Wildman–Crippen MR) is 117 cm³/mol. The van der Waals surface area contributed by atoms with Gasteiger partial charge < -0.3 is 4.74 Å². The molecule has 0 N–H and O–H groups in total. The Morgan fingerprint density at radius 2 is 1.96 bits per heavy atom. The molecule has 0 saturated heterocycles. The molecule has 0 radical (unpaired) electrons. The van der Waals surface area contributed by atoms with Gasteiger partial charge in [0.05, 0.1) is 21.1 Å². The zero-order chi connectivity index (χ0) is 18.5. The Balaban J connectivity index is 1.64. The first-order valence-corrected chi connectivity index (χ1v) is 11.3. The van der Waals surface area contributed by atoms with E-state index in [4.69, 9.17) is 21.4 Å². The van der Waals surface area contributed by atoms with Crippen molar-refractivity contribution in [3.8, 4) is 5.75 Å². The first kappa shape index (κ1) is 17.7. The Labute approximate surface area is 182 Å². The van der Waals surface area contributed by atoms with E-state index in [2.05, 4.69) is 60.4 Å². The standard InChI is InChI=1S/C20H13Br2ClN2OS/c21-12-8-14-17-10-16(18-2-1-7-27-18)24-25(17)20(26-19(14)15(22)9-12)11-3-5-13(23)6-4-11/h1-9,17,20H,10H2/t17-,20-/m0/s1. The van der Waals surface area contributed by atoms with E-state index in [1.165, 1.54) is 4.88 Å². The predicted octanol–water partition coefficient (Wildman–Crippen LogP) is 7.17. The van der Waals surface area contributed by atoms with Crippen LogP contribution in [0.4, 0.5) is 0 Å².